The molecule has 1 N–H and O–H groups in total. The summed E-state index contributed by atoms with van der Waals surface area (Å²) in [5, 5.41) is 4.27. The van der Waals surface area contributed by atoms with Crippen LogP contribution >= 0.6 is 11.6 Å². The van der Waals surface area contributed by atoms with Crippen molar-refractivity contribution >= 4 is 28.7 Å². The molecule has 0 amide bonds. The van der Waals surface area contributed by atoms with E-state index in [2.05, 4.69) is 14.2 Å². The van der Waals surface area contributed by atoms with Gasteiger partial charge in [-0.1, -0.05) is 28.9 Å². The van der Waals surface area contributed by atoms with E-state index in [1.54, 1.807) is 6.07 Å². The summed E-state index contributed by atoms with van der Waals surface area (Å²) in [4.78, 5) is 0. The maximum atomic E-state index is 10.7. The quantitative estimate of drug-likeness (QED) is 0.835. The standard InChI is InChI=1S/C8H7ClN2O2S/c9-7-3-1-2-6(4-7)5-8-10-13-14(12)11-8/h1-4H,5H2,(H,10,11). The number of benzene rings is 1. The number of hydrogen-bond acceptors (Lipinski definition) is 3. The van der Waals surface area contributed by atoms with E-state index in [1.165, 1.54) is 0 Å². The van der Waals surface area contributed by atoms with Crippen molar-refractivity contribution in [2.45, 2.75) is 6.42 Å². The summed E-state index contributed by atoms with van der Waals surface area (Å²) < 4.78 is 17.8. The molecule has 0 aromatic heterocycles. The molecule has 2 rings (SSSR count). The van der Waals surface area contributed by atoms with Crippen molar-refractivity contribution in [3.8, 4) is 0 Å². The summed E-state index contributed by atoms with van der Waals surface area (Å²) in [6.45, 7) is 0. The summed E-state index contributed by atoms with van der Waals surface area (Å²) in [7, 11) is 0. The largest absolute Gasteiger partial charge is 0.338 e. The molecule has 0 spiro atoms. The second-order valence-corrected chi connectivity index (χ2v) is 4.02. The number of rotatable bonds is 2. The topological polar surface area (TPSA) is 50.7 Å². The molecule has 1 heterocycles. The van der Waals surface area contributed by atoms with Crippen molar-refractivity contribution in [1.29, 1.82) is 0 Å². The van der Waals surface area contributed by atoms with Gasteiger partial charge in [0.1, 0.15) is 0 Å². The molecule has 1 aliphatic rings. The van der Waals surface area contributed by atoms with Crippen molar-refractivity contribution in [3.05, 3.63) is 34.9 Å². The van der Waals surface area contributed by atoms with Gasteiger partial charge >= 0.3 is 11.3 Å². The van der Waals surface area contributed by atoms with E-state index >= 15 is 0 Å². The van der Waals surface area contributed by atoms with Crippen LogP contribution in [0.2, 0.25) is 5.02 Å². The minimum atomic E-state index is -1.52. The Bertz CT molecular complexity index is 408. The first kappa shape index (κ1) is 9.48. The molecule has 0 fully saturated rings. The van der Waals surface area contributed by atoms with Gasteiger partial charge in [-0.15, -0.1) is 0 Å². The third-order valence-corrected chi connectivity index (χ3v) is 2.52. The highest BCUT2D eigenvalue weighted by atomic mass is 35.5. The fourth-order valence-corrected chi connectivity index (χ4v) is 1.83. The highest BCUT2D eigenvalue weighted by Gasteiger charge is 2.14. The molecule has 0 radical (unpaired) electrons. The number of nitrogens with zero attached hydrogens (tertiary/aromatic N) is 1. The number of oxime groups is 1. The molecule has 0 saturated carbocycles. The second-order valence-electron chi connectivity index (χ2n) is 2.76. The lowest BCUT2D eigenvalue weighted by Crippen LogP contribution is -2.21. The van der Waals surface area contributed by atoms with E-state index in [-0.39, 0.29) is 0 Å². The minimum Gasteiger partial charge on any atom is -0.269 e. The zero-order valence-corrected chi connectivity index (χ0v) is 8.64. The summed E-state index contributed by atoms with van der Waals surface area (Å²) in [5.74, 6) is 0.547. The van der Waals surface area contributed by atoms with Gasteiger partial charge in [-0.2, -0.15) is 4.21 Å². The SMILES string of the molecule is O=S1NC(Cc2cccc(Cl)c2)=NO1. The van der Waals surface area contributed by atoms with Gasteiger partial charge in [0.2, 0.25) is 0 Å². The first-order valence-electron chi connectivity index (χ1n) is 3.91. The van der Waals surface area contributed by atoms with E-state index in [0.29, 0.717) is 17.3 Å². The van der Waals surface area contributed by atoms with Gasteiger partial charge in [0.25, 0.3) is 0 Å². The molecule has 1 atom stereocenters. The van der Waals surface area contributed by atoms with E-state index < -0.39 is 11.3 Å². The summed E-state index contributed by atoms with van der Waals surface area (Å²) in [5.41, 5.74) is 0.992. The average molecular weight is 231 g/mol. The summed E-state index contributed by atoms with van der Waals surface area (Å²) in [6.07, 6.45) is 0.534. The Balaban J connectivity index is 2.08. The Labute approximate surface area is 88.7 Å². The molecule has 1 aromatic rings. The number of hydrogen-bond donors (Lipinski definition) is 1. The van der Waals surface area contributed by atoms with Crippen molar-refractivity contribution in [3.63, 3.8) is 0 Å². The lowest BCUT2D eigenvalue weighted by molar-refractivity contribution is 0.384. The molecule has 4 nitrogen and oxygen atoms in total. The van der Waals surface area contributed by atoms with Crippen LogP contribution in [-0.2, 0) is 22.0 Å². The van der Waals surface area contributed by atoms with Crippen LogP contribution in [0, 0.1) is 0 Å². The van der Waals surface area contributed by atoms with Crippen LogP contribution in [0.3, 0.4) is 0 Å². The van der Waals surface area contributed by atoms with Crippen LogP contribution in [0.1, 0.15) is 5.56 Å². The van der Waals surface area contributed by atoms with Gasteiger partial charge in [0.05, 0.1) is 0 Å². The van der Waals surface area contributed by atoms with Crippen molar-refractivity contribution < 1.29 is 8.49 Å². The van der Waals surface area contributed by atoms with Crippen molar-refractivity contribution in [1.82, 2.24) is 4.72 Å². The van der Waals surface area contributed by atoms with Crippen LogP contribution in [0.25, 0.3) is 0 Å². The molecule has 1 aliphatic heterocycles. The predicted octanol–water partition coefficient (Wildman–Crippen LogP) is 1.39. The first-order chi connectivity index (χ1) is 6.74. The van der Waals surface area contributed by atoms with Crippen LogP contribution < -0.4 is 4.72 Å². The smallest absolute Gasteiger partial charge is 0.269 e. The maximum Gasteiger partial charge on any atom is 0.338 e. The highest BCUT2D eigenvalue weighted by molar-refractivity contribution is 7.79. The molecule has 14 heavy (non-hydrogen) atoms. The Morgan fingerprint density at radius 3 is 3.07 bits per heavy atom. The van der Waals surface area contributed by atoms with E-state index in [0.717, 1.165) is 5.56 Å². The van der Waals surface area contributed by atoms with E-state index in [9.17, 15) is 4.21 Å². The zero-order valence-electron chi connectivity index (χ0n) is 7.07. The lowest BCUT2D eigenvalue weighted by atomic mass is 10.1. The molecule has 0 saturated heterocycles. The number of amidine groups is 1. The molecule has 1 unspecified atom stereocenters. The lowest BCUT2D eigenvalue weighted by Gasteiger charge is -1.99. The monoisotopic (exact) mass is 230 g/mol. The molecular formula is C8H7ClN2O2S. The van der Waals surface area contributed by atoms with Crippen LogP contribution in [0.4, 0.5) is 0 Å². The minimum absolute atomic E-state index is 0.534. The molecule has 0 bridgehead atoms. The predicted molar refractivity (Wildman–Crippen MR) is 55.0 cm³/mol. The van der Waals surface area contributed by atoms with E-state index in [1.807, 2.05) is 18.2 Å². The van der Waals surface area contributed by atoms with Gasteiger partial charge in [-0.05, 0) is 17.7 Å². The molecule has 74 valence electrons. The summed E-state index contributed by atoms with van der Waals surface area (Å²) >= 11 is 4.29. The third kappa shape index (κ3) is 2.24. The normalized spacial score (nSPS) is 19.8. The van der Waals surface area contributed by atoms with Gasteiger partial charge in [0, 0.05) is 11.4 Å². The number of nitrogens with one attached hydrogen (secondary N) is 1. The second kappa shape index (κ2) is 3.98. The van der Waals surface area contributed by atoms with Gasteiger partial charge < -0.3 is 0 Å². The Morgan fingerprint density at radius 2 is 2.43 bits per heavy atom. The fourth-order valence-electron chi connectivity index (χ4n) is 1.12. The zero-order chi connectivity index (χ0) is 9.97. The van der Waals surface area contributed by atoms with Crippen LogP contribution in [-0.4, -0.2) is 10.0 Å². The number of halogens is 1. The average Bonchev–Trinajstić information content (AvgIpc) is 2.51. The molecule has 1 aromatic carbocycles. The van der Waals surface area contributed by atoms with Gasteiger partial charge in [0.15, 0.2) is 5.84 Å². The molecule has 0 aliphatic carbocycles. The highest BCUT2D eigenvalue weighted by Crippen LogP contribution is 2.12. The third-order valence-electron chi connectivity index (χ3n) is 1.68. The molecular weight excluding hydrogens is 224 g/mol. The van der Waals surface area contributed by atoms with Crippen LogP contribution in [0.5, 0.6) is 0 Å². The Hall–Kier alpha value is -1.07. The fraction of sp³-hybridized carbons (Fsp3) is 0.125. The van der Waals surface area contributed by atoms with E-state index in [4.69, 9.17) is 11.6 Å². The Morgan fingerprint density at radius 1 is 1.57 bits per heavy atom. The Kier molecular flexibility index (Phi) is 2.69. The van der Waals surface area contributed by atoms with Crippen molar-refractivity contribution in [2.75, 3.05) is 0 Å². The van der Waals surface area contributed by atoms with Crippen LogP contribution in [0.15, 0.2) is 29.4 Å². The van der Waals surface area contributed by atoms with Crippen molar-refractivity contribution in [2.24, 2.45) is 5.16 Å². The summed E-state index contributed by atoms with van der Waals surface area (Å²) in [6, 6.07) is 7.39. The molecule has 6 heteroatoms. The first-order valence-corrected chi connectivity index (χ1v) is 5.36. The van der Waals surface area contributed by atoms with Gasteiger partial charge in [-0.3, -0.25) is 9.01 Å². The maximum absolute atomic E-state index is 10.7. The van der Waals surface area contributed by atoms with Gasteiger partial charge in [-0.25, -0.2) is 0 Å².